The maximum atomic E-state index is 12.1. The Morgan fingerprint density at radius 3 is 2.24 bits per heavy atom. The quantitative estimate of drug-likeness (QED) is 0.919. The molecular formula is C15H13ClN2O2S. The molecule has 1 N–H and O–H groups in total. The number of benzene rings is 2. The van der Waals surface area contributed by atoms with E-state index in [1.165, 1.54) is 24.3 Å². The number of sulfone groups is 1. The zero-order valence-electron chi connectivity index (χ0n) is 11.1. The van der Waals surface area contributed by atoms with Gasteiger partial charge in [-0.05, 0) is 48.5 Å². The van der Waals surface area contributed by atoms with Crippen LogP contribution in [0.5, 0.6) is 0 Å². The van der Waals surface area contributed by atoms with Crippen molar-refractivity contribution in [3.8, 4) is 6.07 Å². The molecule has 0 saturated heterocycles. The van der Waals surface area contributed by atoms with Crippen LogP contribution in [0.25, 0.3) is 0 Å². The lowest BCUT2D eigenvalue weighted by molar-refractivity contribution is 0.596. The molecule has 0 saturated carbocycles. The van der Waals surface area contributed by atoms with Crippen molar-refractivity contribution in [1.29, 1.82) is 5.26 Å². The maximum absolute atomic E-state index is 12.1. The van der Waals surface area contributed by atoms with Crippen molar-refractivity contribution in [2.45, 2.75) is 4.90 Å². The predicted octanol–water partition coefficient (Wildman–Crippen LogP) is 3.10. The first-order valence-corrected chi connectivity index (χ1v) is 8.27. The van der Waals surface area contributed by atoms with Crippen molar-refractivity contribution in [1.82, 2.24) is 0 Å². The highest BCUT2D eigenvalue weighted by atomic mass is 35.5. The average Bonchev–Trinajstić information content (AvgIpc) is 2.49. The number of nitrogens with one attached hydrogen (secondary N) is 1. The van der Waals surface area contributed by atoms with Gasteiger partial charge in [0.2, 0.25) is 0 Å². The minimum Gasteiger partial charge on any atom is -0.384 e. The summed E-state index contributed by atoms with van der Waals surface area (Å²) in [6, 6.07) is 14.9. The molecule has 0 aromatic heterocycles. The third kappa shape index (κ3) is 4.22. The second kappa shape index (κ2) is 6.61. The molecule has 0 aliphatic heterocycles. The van der Waals surface area contributed by atoms with E-state index < -0.39 is 9.84 Å². The van der Waals surface area contributed by atoms with Gasteiger partial charge in [0.15, 0.2) is 9.84 Å². The van der Waals surface area contributed by atoms with Crippen molar-refractivity contribution >= 4 is 27.1 Å². The Balaban J connectivity index is 1.97. The Morgan fingerprint density at radius 2 is 1.67 bits per heavy atom. The van der Waals surface area contributed by atoms with E-state index in [0.717, 1.165) is 5.69 Å². The van der Waals surface area contributed by atoms with Gasteiger partial charge in [-0.2, -0.15) is 5.26 Å². The van der Waals surface area contributed by atoms with Crippen molar-refractivity contribution in [3.05, 3.63) is 59.1 Å². The molecule has 0 aliphatic rings. The van der Waals surface area contributed by atoms with Crippen LogP contribution in [0.3, 0.4) is 0 Å². The molecule has 2 aromatic rings. The van der Waals surface area contributed by atoms with Crippen LogP contribution in [-0.2, 0) is 9.84 Å². The molecule has 0 amide bonds. The van der Waals surface area contributed by atoms with Gasteiger partial charge in [-0.25, -0.2) is 8.42 Å². The molecule has 0 fully saturated rings. The van der Waals surface area contributed by atoms with Gasteiger partial charge in [0, 0.05) is 17.3 Å². The summed E-state index contributed by atoms with van der Waals surface area (Å²) in [5, 5.41) is 12.4. The molecule has 108 valence electrons. The van der Waals surface area contributed by atoms with Crippen LogP contribution >= 0.6 is 11.6 Å². The first kappa shape index (κ1) is 15.4. The lowest BCUT2D eigenvalue weighted by atomic mass is 10.2. The van der Waals surface area contributed by atoms with Crippen molar-refractivity contribution in [3.63, 3.8) is 0 Å². The number of hydrogen-bond acceptors (Lipinski definition) is 4. The molecule has 0 bridgehead atoms. The minimum absolute atomic E-state index is 0.0263. The third-order valence-electron chi connectivity index (χ3n) is 2.89. The van der Waals surface area contributed by atoms with Crippen molar-refractivity contribution in [2.75, 3.05) is 17.6 Å². The van der Waals surface area contributed by atoms with Crippen LogP contribution in [0, 0.1) is 11.3 Å². The topological polar surface area (TPSA) is 70.0 Å². The van der Waals surface area contributed by atoms with Crippen LogP contribution in [-0.4, -0.2) is 20.7 Å². The van der Waals surface area contributed by atoms with Crippen molar-refractivity contribution < 1.29 is 8.42 Å². The fourth-order valence-electron chi connectivity index (χ4n) is 1.75. The zero-order chi connectivity index (χ0) is 15.3. The number of anilines is 1. The summed E-state index contributed by atoms with van der Waals surface area (Å²) in [5.74, 6) is -0.0263. The Bertz CT molecular complexity index is 748. The van der Waals surface area contributed by atoms with Crippen LogP contribution < -0.4 is 5.32 Å². The number of hydrogen-bond donors (Lipinski definition) is 1. The van der Waals surface area contributed by atoms with E-state index in [2.05, 4.69) is 5.32 Å². The summed E-state index contributed by atoms with van der Waals surface area (Å²) < 4.78 is 24.3. The van der Waals surface area contributed by atoms with Gasteiger partial charge in [-0.1, -0.05) is 11.6 Å². The van der Waals surface area contributed by atoms with Gasteiger partial charge in [0.1, 0.15) is 0 Å². The normalized spacial score (nSPS) is 10.9. The third-order valence-corrected chi connectivity index (χ3v) is 4.87. The second-order valence-corrected chi connectivity index (χ2v) is 6.93. The number of nitrogens with zero attached hydrogens (tertiary/aromatic N) is 1. The van der Waals surface area contributed by atoms with E-state index in [1.54, 1.807) is 24.3 Å². The molecule has 21 heavy (non-hydrogen) atoms. The summed E-state index contributed by atoms with van der Waals surface area (Å²) in [4.78, 5) is 0.222. The summed E-state index contributed by atoms with van der Waals surface area (Å²) in [6.07, 6.45) is 0. The molecular weight excluding hydrogens is 308 g/mol. The van der Waals surface area contributed by atoms with Gasteiger partial charge in [0.05, 0.1) is 22.3 Å². The maximum Gasteiger partial charge on any atom is 0.180 e. The average molecular weight is 321 g/mol. The number of rotatable bonds is 5. The molecule has 0 unspecified atom stereocenters. The van der Waals surface area contributed by atoms with Gasteiger partial charge in [0.25, 0.3) is 0 Å². The Hall–Kier alpha value is -2.03. The standard InChI is InChI=1S/C15H13ClN2O2S/c16-13-3-5-14(6-4-13)18-9-10-21(19,20)15-7-1-12(11-17)2-8-15/h1-8,18H,9-10H2. The highest BCUT2D eigenvalue weighted by Gasteiger charge is 2.13. The Morgan fingerprint density at radius 1 is 1.05 bits per heavy atom. The minimum atomic E-state index is -3.36. The smallest absolute Gasteiger partial charge is 0.180 e. The van der Waals surface area contributed by atoms with Crippen LogP contribution in [0.4, 0.5) is 5.69 Å². The Labute approximate surface area is 128 Å². The zero-order valence-corrected chi connectivity index (χ0v) is 12.7. The van der Waals surface area contributed by atoms with Crippen LogP contribution in [0.15, 0.2) is 53.4 Å². The lowest BCUT2D eigenvalue weighted by Gasteiger charge is -2.07. The summed E-state index contributed by atoms with van der Waals surface area (Å²) in [5.41, 5.74) is 1.25. The van der Waals surface area contributed by atoms with Gasteiger partial charge in [-0.15, -0.1) is 0 Å². The molecule has 0 spiro atoms. The molecule has 0 heterocycles. The van der Waals surface area contributed by atoms with E-state index in [9.17, 15) is 8.42 Å². The van der Waals surface area contributed by atoms with E-state index in [0.29, 0.717) is 17.1 Å². The fourth-order valence-corrected chi connectivity index (χ4v) is 3.04. The monoisotopic (exact) mass is 320 g/mol. The largest absolute Gasteiger partial charge is 0.384 e. The van der Waals surface area contributed by atoms with Crippen LogP contribution in [0.2, 0.25) is 5.02 Å². The molecule has 0 atom stereocenters. The molecule has 6 heteroatoms. The van der Waals surface area contributed by atoms with E-state index in [-0.39, 0.29) is 10.6 Å². The highest BCUT2D eigenvalue weighted by Crippen LogP contribution is 2.15. The lowest BCUT2D eigenvalue weighted by Crippen LogP contribution is -2.15. The molecule has 4 nitrogen and oxygen atoms in total. The summed E-state index contributed by atoms with van der Waals surface area (Å²) >= 11 is 5.78. The highest BCUT2D eigenvalue weighted by molar-refractivity contribution is 7.91. The van der Waals surface area contributed by atoms with E-state index in [1.807, 2.05) is 6.07 Å². The van der Waals surface area contributed by atoms with Gasteiger partial charge < -0.3 is 5.32 Å². The predicted molar refractivity (Wildman–Crippen MR) is 83.2 cm³/mol. The molecule has 0 radical (unpaired) electrons. The number of nitriles is 1. The SMILES string of the molecule is N#Cc1ccc(S(=O)(=O)CCNc2ccc(Cl)cc2)cc1. The molecule has 0 aliphatic carbocycles. The van der Waals surface area contributed by atoms with E-state index in [4.69, 9.17) is 16.9 Å². The first-order valence-electron chi connectivity index (χ1n) is 6.24. The van der Waals surface area contributed by atoms with Gasteiger partial charge in [-0.3, -0.25) is 0 Å². The fraction of sp³-hybridized carbons (Fsp3) is 0.133. The Kier molecular flexibility index (Phi) is 4.84. The molecule has 2 rings (SSSR count). The summed E-state index contributed by atoms with van der Waals surface area (Å²) in [6.45, 7) is 0.296. The number of halogens is 1. The second-order valence-electron chi connectivity index (χ2n) is 4.39. The summed E-state index contributed by atoms with van der Waals surface area (Å²) in [7, 11) is -3.36. The van der Waals surface area contributed by atoms with E-state index >= 15 is 0 Å². The van der Waals surface area contributed by atoms with Crippen molar-refractivity contribution in [2.24, 2.45) is 0 Å². The van der Waals surface area contributed by atoms with Crippen LogP contribution in [0.1, 0.15) is 5.56 Å². The first-order chi connectivity index (χ1) is 10.0. The van der Waals surface area contributed by atoms with Gasteiger partial charge >= 0.3 is 0 Å². The molecule has 2 aromatic carbocycles.